The van der Waals surface area contributed by atoms with Gasteiger partial charge in [-0.15, -0.1) is 6.58 Å². The molecule has 1 aromatic heterocycles. The first-order chi connectivity index (χ1) is 15.4. The highest BCUT2D eigenvalue weighted by molar-refractivity contribution is 7.45. The summed E-state index contributed by atoms with van der Waals surface area (Å²) in [5.41, 5.74) is -1.86. The molecule has 0 unspecified atom stereocenters. The fourth-order valence-electron chi connectivity index (χ4n) is 2.51. The van der Waals surface area contributed by atoms with Crippen LogP contribution in [0, 0.1) is 6.92 Å². The average Bonchev–Trinajstić information content (AvgIpc) is 2.90. The van der Waals surface area contributed by atoms with Crippen molar-refractivity contribution < 1.29 is 72.7 Å². The van der Waals surface area contributed by atoms with Crippen molar-refractivity contribution in [3.8, 4) is 0 Å². The van der Waals surface area contributed by atoms with Crippen LogP contribution in [0.15, 0.2) is 28.4 Å². The molecule has 19 nitrogen and oxygen atoms in total. The van der Waals surface area contributed by atoms with Crippen LogP contribution in [0.3, 0.4) is 0 Å². The zero-order valence-electron chi connectivity index (χ0n) is 17.8. The largest absolute Gasteiger partial charge is 0.466 e. The first-order valence-corrected chi connectivity index (χ1v) is 13.4. The van der Waals surface area contributed by atoms with Crippen molar-refractivity contribution in [3.05, 3.63) is 45.3 Å². The van der Waals surface area contributed by atoms with E-state index in [9.17, 15) is 19.8 Å². The SMILES string of the molecule is C=CC[C@]1(n2cc(C)c(=O)[nH]c2=O)C[C@H](O)[C@@H](CO)O1.O=P(O)(O)O.O=P(O)(O)O.O=P(O)(O)O. The van der Waals surface area contributed by atoms with Crippen LogP contribution in [0.1, 0.15) is 18.4 Å². The normalized spacial score (nSPS) is 21.9. The van der Waals surface area contributed by atoms with E-state index in [1.54, 1.807) is 13.0 Å². The number of aromatic amines is 1. The third kappa shape index (κ3) is 18.5. The van der Waals surface area contributed by atoms with Crippen LogP contribution in [-0.2, 0) is 24.2 Å². The van der Waals surface area contributed by atoms with Crippen molar-refractivity contribution in [1.29, 1.82) is 0 Å². The van der Waals surface area contributed by atoms with E-state index in [0.717, 1.165) is 0 Å². The Hall–Kier alpha value is -1.37. The number of hydrogen-bond donors (Lipinski definition) is 12. The summed E-state index contributed by atoms with van der Waals surface area (Å²) < 4.78 is 33.6. The van der Waals surface area contributed by atoms with Gasteiger partial charge in [-0.05, 0) is 6.92 Å². The van der Waals surface area contributed by atoms with E-state index in [-0.39, 0.29) is 19.4 Å². The number of H-pyrrole nitrogens is 1. The van der Waals surface area contributed by atoms with Gasteiger partial charge in [-0.1, -0.05) is 6.08 Å². The number of aliphatic hydroxyl groups is 2. The first-order valence-electron chi connectivity index (χ1n) is 8.69. The van der Waals surface area contributed by atoms with E-state index < -0.39 is 52.7 Å². The fourth-order valence-corrected chi connectivity index (χ4v) is 2.51. The Morgan fingerprint density at radius 3 is 1.77 bits per heavy atom. The van der Waals surface area contributed by atoms with Gasteiger partial charge in [0.2, 0.25) is 0 Å². The maximum atomic E-state index is 12.0. The second-order valence-corrected chi connectivity index (χ2v) is 9.61. The molecule has 12 N–H and O–H groups in total. The van der Waals surface area contributed by atoms with Crippen molar-refractivity contribution >= 4 is 23.5 Å². The molecule has 2 rings (SSSR count). The van der Waals surface area contributed by atoms with Crippen LogP contribution in [0.25, 0.3) is 0 Å². The molecule has 0 aromatic carbocycles. The lowest BCUT2D eigenvalue weighted by atomic mass is 10.0. The number of aromatic nitrogens is 2. The highest BCUT2D eigenvalue weighted by atomic mass is 31.2. The number of hydrogen-bond acceptors (Lipinski definition) is 8. The van der Waals surface area contributed by atoms with Crippen LogP contribution in [0.4, 0.5) is 0 Å². The minimum Gasteiger partial charge on any atom is -0.394 e. The Morgan fingerprint density at radius 2 is 1.46 bits per heavy atom. The molecule has 22 heteroatoms. The summed E-state index contributed by atoms with van der Waals surface area (Å²) in [5, 5.41) is 19.1. The summed E-state index contributed by atoms with van der Waals surface area (Å²) >= 11 is 0. The summed E-state index contributed by atoms with van der Waals surface area (Å²) in [4.78, 5) is 90.3. The maximum absolute atomic E-state index is 12.0. The molecule has 0 radical (unpaired) electrons. The molecule has 1 aliphatic rings. The van der Waals surface area contributed by atoms with E-state index in [1.165, 1.54) is 10.8 Å². The monoisotopic (exact) mass is 576 g/mol. The molecule has 0 spiro atoms. The molecule has 2 heterocycles. The topological polar surface area (TPSA) is 338 Å². The number of aliphatic hydroxyl groups excluding tert-OH is 2. The van der Waals surface area contributed by atoms with Crippen LogP contribution >= 0.6 is 23.5 Å². The third-order valence-electron chi connectivity index (χ3n) is 3.53. The quantitative estimate of drug-likeness (QED) is 0.122. The third-order valence-corrected chi connectivity index (χ3v) is 3.53. The standard InChI is InChI=1S/C13H18N2O5.3H3O4P/c1-3-4-13(5-9(17)10(7-16)20-13)15-6-8(2)11(18)14-12(15)19;3*1-5(2,3)4/h3,6,9-10,16-17H,1,4-5,7H2,2H3,(H,14,18,19);3*(H3,1,2,3,4)/t9-,10+,13+;;;/m0.../s1. The molecule has 1 saturated heterocycles. The van der Waals surface area contributed by atoms with E-state index in [0.29, 0.717) is 5.56 Å². The molecule has 35 heavy (non-hydrogen) atoms. The summed E-state index contributed by atoms with van der Waals surface area (Å²) in [6.07, 6.45) is 1.71. The Kier molecular flexibility index (Phi) is 14.7. The fraction of sp³-hybridized carbons (Fsp3) is 0.538. The number of aryl methyl sites for hydroxylation is 1. The molecule has 0 aliphatic carbocycles. The van der Waals surface area contributed by atoms with Gasteiger partial charge in [0.1, 0.15) is 6.10 Å². The van der Waals surface area contributed by atoms with Gasteiger partial charge in [-0.2, -0.15) is 0 Å². The van der Waals surface area contributed by atoms with Gasteiger partial charge in [-0.3, -0.25) is 14.3 Å². The van der Waals surface area contributed by atoms with Crippen LogP contribution in [0.2, 0.25) is 0 Å². The predicted molar refractivity (Wildman–Crippen MR) is 114 cm³/mol. The second-order valence-electron chi connectivity index (χ2n) is 6.53. The number of nitrogens with zero attached hydrogens (tertiary/aromatic N) is 1. The molecule has 1 fully saturated rings. The minimum atomic E-state index is -4.64. The van der Waals surface area contributed by atoms with E-state index >= 15 is 0 Å². The molecule has 206 valence electrons. The zero-order chi connectivity index (χ0) is 28.4. The molecular formula is C13H27N2O17P3. The van der Waals surface area contributed by atoms with Crippen LogP contribution < -0.4 is 11.2 Å². The van der Waals surface area contributed by atoms with E-state index in [4.69, 9.17) is 62.5 Å². The Morgan fingerprint density at radius 1 is 1.06 bits per heavy atom. The van der Waals surface area contributed by atoms with Crippen LogP contribution in [-0.4, -0.2) is 82.6 Å². The predicted octanol–water partition coefficient (Wildman–Crippen LogP) is -3.57. The lowest BCUT2D eigenvalue weighted by Gasteiger charge is -2.30. The van der Waals surface area contributed by atoms with Gasteiger partial charge in [0.05, 0.1) is 12.7 Å². The van der Waals surface area contributed by atoms with E-state index in [2.05, 4.69) is 11.6 Å². The number of rotatable bonds is 4. The lowest BCUT2D eigenvalue weighted by molar-refractivity contribution is -0.117. The second kappa shape index (κ2) is 14.4. The van der Waals surface area contributed by atoms with Crippen molar-refractivity contribution in [2.45, 2.75) is 37.7 Å². The highest BCUT2D eigenvalue weighted by Gasteiger charge is 2.47. The molecule has 3 atom stereocenters. The summed E-state index contributed by atoms with van der Waals surface area (Å²) in [6, 6.07) is 0. The zero-order valence-corrected chi connectivity index (χ0v) is 20.5. The average molecular weight is 576 g/mol. The maximum Gasteiger partial charge on any atom is 0.466 e. The smallest absolute Gasteiger partial charge is 0.394 e. The molecular weight excluding hydrogens is 549 g/mol. The molecule has 0 saturated carbocycles. The van der Waals surface area contributed by atoms with Gasteiger partial charge >= 0.3 is 29.2 Å². The van der Waals surface area contributed by atoms with Gasteiger partial charge < -0.3 is 59.0 Å². The van der Waals surface area contributed by atoms with Crippen molar-refractivity contribution in [3.63, 3.8) is 0 Å². The molecule has 0 amide bonds. The number of nitrogens with one attached hydrogen (secondary N) is 1. The Labute approximate surface area is 196 Å². The van der Waals surface area contributed by atoms with Crippen LogP contribution in [0.5, 0.6) is 0 Å². The summed E-state index contributed by atoms with van der Waals surface area (Å²) in [6.45, 7) is 4.85. The summed E-state index contributed by atoms with van der Waals surface area (Å²) in [7, 11) is -13.9. The Bertz CT molecular complexity index is 995. The Balaban J connectivity index is 0. The molecule has 0 bridgehead atoms. The molecule has 1 aromatic rings. The van der Waals surface area contributed by atoms with Gasteiger partial charge in [-0.25, -0.2) is 18.5 Å². The first kappa shape index (κ1) is 35.8. The van der Waals surface area contributed by atoms with Crippen molar-refractivity contribution in [2.75, 3.05) is 6.61 Å². The van der Waals surface area contributed by atoms with Gasteiger partial charge in [0.25, 0.3) is 5.56 Å². The number of phosphoric acid groups is 3. The minimum absolute atomic E-state index is 0.135. The molecule has 1 aliphatic heterocycles. The van der Waals surface area contributed by atoms with Crippen molar-refractivity contribution in [2.24, 2.45) is 0 Å². The van der Waals surface area contributed by atoms with Gasteiger partial charge in [0, 0.05) is 24.6 Å². The van der Waals surface area contributed by atoms with Crippen molar-refractivity contribution in [1.82, 2.24) is 9.55 Å². The summed E-state index contributed by atoms with van der Waals surface area (Å²) in [5.74, 6) is 0. The van der Waals surface area contributed by atoms with Gasteiger partial charge in [0.15, 0.2) is 5.72 Å². The lowest BCUT2D eigenvalue weighted by Crippen LogP contribution is -2.44. The van der Waals surface area contributed by atoms with E-state index in [1.807, 2.05) is 0 Å². The number of ether oxygens (including phenoxy) is 1. The highest BCUT2D eigenvalue weighted by Crippen LogP contribution is 2.37.